The van der Waals surface area contributed by atoms with E-state index in [1.165, 1.54) is 11.1 Å². The van der Waals surface area contributed by atoms with Gasteiger partial charge in [-0.3, -0.25) is 10.8 Å². The first kappa shape index (κ1) is 23.4. The van der Waals surface area contributed by atoms with Crippen molar-refractivity contribution in [2.24, 2.45) is 0 Å². The lowest BCUT2D eigenvalue weighted by atomic mass is 9.88. The summed E-state index contributed by atoms with van der Waals surface area (Å²) in [6, 6.07) is 42.4. The highest BCUT2D eigenvalue weighted by Crippen LogP contribution is 2.41. The first-order chi connectivity index (χ1) is 20.2. The van der Waals surface area contributed by atoms with Gasteiger partial charge in [-0.25, -0.2) is 0 Å². The van der Waals surface area contributed by atoms with Crippen molar-refractivity contribution in [3.05, 3.63) is 139 Å². The SMILES string of the molecule is N=C1C=Cc2ccc3cc(-c4cccc(-c5ccccc5-c5cccc6oc7ccccc7c56)c4)ccc3c2C1=N. The van der Waals surface area contributed by atoms with E-state index in [1.54, 1.807) is 6.08 Å². The van der Waals surface area contributed by atoms with E-state index in [1.807, 2.05) is 30.3 Å². The molecule has 0 spiro atoms. The Morgan fingerprint density at radius 1 is 0.488 bits per heavy atom. The molecule has 1 heterocycles. The summed E-state index contributed by atoms with van der Waals surface area (Å²) in [5.74, 6) is 0. The molecule has 0 saturated carbocycles. The van der Waals surface area contributed by atoms with Gasteiger partial charge in [0.15, 0.2) is 0 Å². The van der Waals surface area contributed by atoms with Gasteiger partial charge in [-0.15, -0.1) is 0 Å². The highest BCUT2D eigenvalue weighted by Gasteiger charge is 2.18. The monoisotopic (exact) mass is 524 g/mol. The molecule has 0 fully saturated rings. The molecule has 0 saturated heterocycles. The number of hydrogen-bond acceptors (Lipinski definition) is 3. The molecule has 1 aliphatic rings. The molecule has 1 aromatic heterocycles. The Kier molecular flexibility index (Phi) is 5.13. The molecular weight excluding hydrogens is 500 g/mol. The summed E-state index contributed by atoms with van der Waals surface area (Å²) < 4.78 is 6.19. The fraction of sp³-hybridized carbons (Fsp3) is 0. The zero-order valence-corrected chi connectivity index (χ0v) is 22.1. The summed E-state index contributed by atoms with van der Waals surface area (Å²) in [5.41, 5.74) is 11.0. The van der Waals surface area contributed by atoms with Gasteiger partial charge in [0.1, 0.15) is 11.2 Å². The Morgan fingerprint density at radius 3 is 2.15 bits per heavy atom. The van der Waals surface area contributed by atoms with E-state index < -0.39 is 0 Å². The third kappa shape index (κ3) is 3.67. The predicted octanol–water partition coefficient (Wildman–Crippen LogP) is 10.2. The number of rotatable bonds is 3. The molecule has 3 nitrogen and oxygen atoms in total. The van der Waals surface area contributed by atoms with E-state index in [4.69, 9.17) is 15.2 Å². The van der Waals surface area contributed by atoms with Gasteiger partial charge in [-0.05, 0) is 80.1 Å². The average Bonchev–Trinajstić information content (AvgIpc) is 3.41. The van der Waals surface area contributed by atoms with Gasteiger partial charge in [0.2, 0.25) is 0 Å². The Hall–Kier alpha value is -5.54. The highest BCUT2D eigenvalue weighted by atomic mass is 16.3. The Bertz CT molecular complexity index is 2250. The van der Waals surface area contributed by atoms with Crippen LogP contribution in [0, 0.1) is 10.8 Å². The second kappa shape index (κ2) is 9.00. The predicted molar refractivity (Wildman–Crippen MR) is 171 cm³/mol. The number of fused-ring (bicyclic) bond motifs is 6. The molecule has 6 aromatic carbocycles. The van der Waals surface area contributed by atoms with Crippen LogP contribution in [0.5, 0.6) is 0 Å². The standard InChI is InChI=1S/C38H24N2O/c39-33-20-18-23-15-16-27-22-25(17-19-29(27)36(23)38(33)40)24-7-5-8-26(21-24)28-9-1-2-10-30(28)31-12-6-14-35-37(31)32-11-3-4-13-34(32)41-35/h1-22,39-40H. The third-order valence-electron chi connectivity index (χ3n) is 8.13. The van der Waals surface area contributed by atoms with Crippen molar-refractivity contribution in [2.45, 2.75) is 0 Å². The van der Waals surface area contributed by atoms with Crippen LogP contribution >= 0.6 is 0 Å². The van der Waals surface area contributed by atoms with Crippen molar-refractivity contribution in [3.63, 3.8) is 0 Å². The quantitative estimate of drug-likeness (QED) is 0.237. The van der Waals surface area contributed by atoms with Crippen molar-refractivity contribution in [1.29, 1.82) is 10.8 Å². The van der Waals surface area contributed by atoms with Gasteiger partial charge >= 0.3 is 0 Å². The summed E-state index contributed by atoms with van der Waals surface area (Å²) in [6.45, 7) is 0. The van der Waals surface area contributed by atoms with Crippen molar-refractivity contribution in [3.8, 4) is 33.4 Å². The summed E-state index contributed by atoms with van der Waals surface area (Å²) in [4.78, 5) is 0. The number of allylic oxidation sites excluding steroid dienone is 1. The van der Waals surface area contributed by atoms with Crippen LogP contribution in [0.25, 0.3) is 72.2 Å². The second-order valence-electron chi connectivity index (χ2n) is 10.5. The minimum absolute atomic E-state index is 0.250. The lowest BCUT2D eigenvalue weighted by Gasteiger charge is -2.16. The van der Waals surface area contributed by atoms with Gasteiger partial charge in [-0.1, -0.05) is 103 Å². The molecule has 0 unspecified atom stereocenters. The van der Waals surface area contributed by atoms with Crippen LogP contribution in [0.4, 0.5) is 0 Å². The summed E-state index contributed by atoms with van der Waals surface area (Å²) in [6.07, 6.45) is 3.63. The van der Waals surface area contributed by atoms with E-state index in [2.05, 4.69) is 97.1 Å². The topological polar surface area (TPSA) is 60.8 Å². The van der Waals surface area contributed by atoms with Crippen LogP contribution in [0.2, 0.25) is 0 Å². The van der Waals surface area contributed by atoms with Gasteiger partial charge in [0.25, 0.3) is 0 Å². The third-order valence-corrected chi connectivity index (χ3v) is 8.13. The molecule has 0 atom stereocenters. The van der Waals surface area contributed by atoms with Crippen LogP contribution in [-0.4, -0.2) is 11.4 Å². The summed E-state index contributed by atoms with van der Waals surface area (Å²) in [7, 11) is 0. The highest BCUT2D eigenvalue weighted by molar-refractivity contribution is 6.53. The van der Waals surface area contributed by atoms with Gasteiger partial charge < -0.3 is 4.42 Å². The molecule has 0 aliphatic heterocycles. The Labute approximate surface area is 237 Å². The minimum Gasteiger partial charge on any atom is -0.456 e. The lowest BCUT2D eigenvalue weighted by Crippen LogP contribution is -2.16. The van der Waals surface area contributed by atoms with E-state index in [-0.39, 0.29) is 11.4 Å². The fourth-order valence-corrected chi connectivity index (χ4v) is 6.17. The van der Waals surface area contributed by atoms with Gasteiger partial charge in [0.05, 0.1) is 11.4 Å². The molecular formula is C38H24N2O. The van der Waals surface area contributed by atoms with Gasteiger partial charge in [0, 0.05) is 16.3 Å². The second-order valence-corrected chi connectivity index (χ2v) is 10.5. The van der Waals surface area contributed by atoms with Crippen molar-refractivity contribution in [1.82, 2.24) is 0 Å². The number of furan rings is 1. The minimum atomic E-state index is 0.250. The maximum atomic E-state index is 8.49. The summed E-state index contributed by atoms with van der Waals surface area (Å²) in [5, 5.41) is 20.9. The first-order valence-electron chi connectivity index (χ1n) is 13.7. The summed E-state index contributed by atoms with van der Waals surface area (Å²) >= 11 is 0. The largest absolute Gasteiger partial charge is 0.456 e. The van der Waals surface area contributed by atoms with E-state index in [0.29, 0.717) is 0 Å². The van der Waals surface area contributed by atoms with Crippen LogP contribution < -0.4 is 0 Å². The zero-order chi connectivity index (χ0) is 27.5. The van der Waals surface area contributed by atoms with Crippen molar-refractivity contribution < 1.29 is 4.42 Å². The van der Waals surface area contributed by atoms with Crippen LogP contribution in [0.15, 0.2) is 132 Å². The molecule has 0 bridgehead atoms. The number of hydrogen-bond donors (Lipinski definition) is 2. The smallest absolute Gasteiger partial charge is 0.136 e. The van der Waals surface area contributed by atoms with Crippen LogP contribution in [0.3, 0.4) is 0 Å². The van der Waals surface area contributed by atoms with Crippen LogP contribution in [0.1, 0.15) is 11.1 Å². The van der Waals surface area contributed by atoms with E-state index >= 15 is 0 Å². The molecule has 3 heteroatoms. The zero-order valence-electron chi connectivity index (χ0n) is 22.1. The maximum Gasteiger partial charge on any atom is 0.136 e. The van der Waals surface area contributed by atoms with Crippen molar-refractivity contribution in [2.75, 3.05) is 0 Å². The molecule has 0 radical (unpaired) electrons. The number of nitrogens with one attached hydrogen (secondary N) is 2. The Balaban J connectivity index is 1.26. The lowest BCUT2D eigenvalue weighted by molar-refractivity contribution is 0.669. The molecule has 8 rings (SSSR count). The van der Waals surface area contributed by atoms with Crippen molar-refractivity contribution >= 4 is 50.2 Å². The number of benzene rings is 6. The van der Waals surface area contributed by atoms with Crippen LogP contribution in [-0.2, 0) is 0 Å². The molecule has 2 N–H and O–H groups in total. The first-order valence-corrected chi connectivity index (χ1v) is 13.7. The molecule has 192 valence electrons. The molecule has 0 amide bonds. The average molecular weight is 525 g/mol. The normalized spacial score (nSPS) is 12.9. The van der Waals surface area contributed by atoms with E-state index in [0.717, 1.165) is 66.1 Å². The molecule has 1 aliphatic carbocycles. The molecule has 7 aromatic rings. The number of para-hydroxylation sites is 1. The maximum absolute atomic E-state index is 8.49. The Morgan fingerprint density at radius 2 is 1.22 bits per heavy atom. The van der Waals surface area contributed by atoms with E-state index in [9.17, 15) is 0 Å². The fourth-order valence-electron chi connectivity index (χ4n) is 6.17. The molecule has 41 heavy (non-hydrogen) atoms. The van der Waals surface area contributed by atoms with Gasteiger partial charge in [-0.2, -0.15) is 0 Å².